The average molecular weight is 485 g/mol. The summed E-state index contributed by atoms with van der Waals surface area (Å²) in [5.74, 6) is -0.292. The van der Waals surface area contributed by atoms with Gasteiger partial charge in [-0.1, -0.05) is 0 Å². The van der Waals surface area contributed by atoms with E-state index in [9.17, 15) is 22.4 Å². The summed E-state index contributed by atoms with van der Waals surface area (Å²) in [7, 11) is 0. The van der Waals surface area contributed by atoms with Crippen molar-refractivity contribution in [1.29, 1.82) is 0 Å². The van der Waals surface area contributed by atoms with E-state index in [1.165, 1.54) is 24.4 Å². The molecule has 6 nitrogen and oxygen atoms in total. The van der Waals surface area contributed by atoms with Gasteiger partial charge in [0.25, 0.3) is 5.91 Å². The SMILES string of the molecule is Cc1ccc(-c2ncccc2F)c(C(=O)N2C[C@H]3CC[C@H]2[C@H](Nc2ccc(C(F)(F)F)cn2)C3)n1. The Morgan fingerprint density at radius 1 is 1.11 bits per heavy atom. The van der Waals surface area contributed by atoms with Crippen molar-refractivity contribution in [3.8, 4) is 11.3 Å². The van der Waals surface area contributed by atoms with Gasteiger partial charge in [-0.25, -0.2) is 14.4 Å². The molecule has 3 fully saturated rings. The molecule has 2 saturated heterocycles. The van der Waals surface area contributed by atoms with Crippen LogP contribution in [0.1, 0.15) is 41.0 Å². The van der Waals surface area contributed by atoms with Crippen LogP contribution in [0.3, 0.4) is 0 Å². The lowest BCUT2D eigenvalue weighted by Gasteiger charge is -2.50. The molecule has 3 aromatic heterocycles. The summed E-state index contributed by atoms with van der Waals surface area (Å²) < 4.78 is 53.1. The van der Waals surface area contributed by atoms with Gasteiger partial charge >= 0.3 is 6.18 Å². The topological polar surface area (TPSA) is 71.0 Å². The van der Waals surface area contributed by atoms with E-state index in [4.69, 9.17) is 0 Å². The fraction of sp³-hybridized carbons (Fsp3) is 0.360. The maximum Gasteiger partial charge on any atom is 0.417 e. The van der Waals surface area contributed by atoms with Gasteiger partial charge in [-0.3, -0.25) is 9.78 Å². The van der Waals surface area contributed by atoms with E-state index in [-0.39, 0.29) is 35.3 Å². The minimum Gasteiger partial charge on any atom is -0.365 e. The number of carbonyl (C=O) groups excluding carboxylic acids is 1. The van der Waals surface area contributed by atoms with E-state index >= 15 is 0 Å². The van der Waals surface area contributed by atoms with Gasteiger partial charge in [0.05, 0.1) is 11.6 Å². The Hall–Kier alpha value is -3.56. The Labute approximate surface area is 199 Å². The Kier molecular flexibility index (Phi) is 5.90. The standard InChI is InChI=1S/C25H23F4N5O/c1-14-4-7-17(22-18(26)3-2-10-30-22)23(32-14)24(35)34-13-15-5-8-20(34)19(11-15)33-21-9-6-16(12-31-21)25(27,28)29/h2-4,6-7,9-10,12,15,19-20H,5,8,11,13H2,1H3,(H,31,33)/t15-,19+,20-/m0/s1. The molecule has 10 heteroatoms. The molecule has 0 spiro atoms. The Morgan fingerprint density at radius 2 is 1.94 bits per heavy atom. The summed E-state index contributed by atoms with van der Waals surface area (Å²) in [6.45, 7) is 2.31. The van der Waals surface area contributed by atoms with E-state index in [2.05, 4.69) is 20.3 Å². The lowest BCUT2D eigenvalue weighted by atomic mass is 9.76. The van der Waals surface area contributed by atoms with Crippen LogP contribution in [0, 0.1) is 18.7 Å². The Bertz CT molecular complexity index is 1250. The molecule has 0 aromatic carbocycles. The van der Waals surface area contributed by atoms with Crippen LogP contribution in [-0.2, 0) is 6.18 Å². The van der Waals surface area contributed by atoms with E-state index in [0.717, 1.165) is 31.5 Å². The average Bonchev–Trinajstić information content (AvgIpc) is 2.84. The highest BCUT2D eigenvalue weighted by Crippen LogP contribution is 2.38. The molecule has 0 unspecified atom stereocenters. The molecular weight excluding hydrogens is 462 g/mol. The number of rotatable bonds is 4. The second-order valence-electron chi connectivity index (χ2n) is 9.07. The minimum absolute atomic E-state index is 0.0640. The first-order chi connectivity index (χ1) is 16.7. The zero-order valence-corrected chi connectivity index (χ0v) is 18.9. The molecule has 182 valence electrons. The molecule has 3 aromatic rings. The van der Waals surface area contributed by atoms with Crippen LogP contribution in [-0.4, -0.2) is 44.4 Å². The van der Waals surface area contributed by atoms with Gasteiger partial charge in [0.15, 0.2) is 0 Å². The molecule has 35 heavy (non-hydrogen) atoms. The molecule has 3 atom stereocenters. The van der Waals surface area contributed by atoms with Gasteiger partial charge in [-0.05, 0) is 68.5 Å². The molecule has 0 radical (unpaired) electrons. The van der Waals surface area contributed by atoms with Crippen molar-refractivity contribution in [2.75, 3.05) is 11.9 Å². The van der Waals surface area contributed by atoms with Crippen molar-refractivity contribution in [3.63, 3.8) is 0 Å². The predicted molar refractivity (Wildman–Crippen MR) is 121 cm³/mol. The highest BCUT2D eigenvalue weighted by atomic mass is 19.4. The number of nitrogens with zero attached hydrogens (tertiary/aromatic N) is 4. The molecule has 1 aliphatic carbocycles. The summed E-state index contributed by atoms with van der Waals surface area (Å²) in [6, 6.07) is 8.07. The lowest BCUT2D eigenvalue weighted by molar-refractivity contribution is -0.137. The normalized spacial score (nSPS) is 21.7. The fourth-order valence-corrected chi connectivity index (χ4v) is 5.05. The molecule has 1 saturated carbocycles. The summed E-state index contributed by atoms with van der Waals surface area (Å²) in [6.07, 6.45) is 0.289. The molecule has 2 bridgehead atoms. The first-order valence-electron chi connectivity index (χ1n) is 11.4. The number of piperidine rings is 2. The second-order valence-corrected chi connectivity index (χ2v) is 9.07. The number of aromatic nitrogens is 3. The summed E-state index contributed by atoms with van der Waals surface area (Å²) >= 11 is 0. The quantitative estimate of drug-likeness (QED) is 0.520. The zero-order valence-electron chi connectivity index (χ0n) is 18.9. The first-order valence-corrected chi connectivity index (χ1v) is 11.4. The van der Waals surface area contributed by atoms with Crippen molar-refractivity contribution in [2.45, 2.75) is 44.4 Å². The van der Waals surface area contributed by atoms with Crippen LogP contribution >= 0.6 is 0 Å². The summed E-state index contributed by atoms with van der Waals surface area (Å²) in [5.41, 5.74) is 0.342. The van der Waals surface area contributed by atoms with Crippen LogP contribution < -0.4 is 5.32 Å². The molecule has 3 aliphatic rings. The number of hydrogen-bond acceptors (Lipinski definition) is 5. The summed E-state index contributed by atoms with van der Waals surface area (Å²) in [5, 5.41) is 3.23. The van der Waals surface area contributed by atoms with Crippen molar-refractivity contribution < 1.29 is 22.4 Å². The number of carbonyl (C=O) groups is 1. The number of alkyl halides is 3. The first kappa shape index (κ1) is 23.2. The van der Waals surface area contributed by atoms with Crippen molar-refractivity contribution in [3.05, 3.63) is 71.6 Å². The summed E-state index contributed by atoms with van der Waals surface area (Å²) in [4.78, 5) is 28.0. The van der Waals surface area contributed by atoms with Gasteiger partial charge < -0.3 is 10.2 Å². The molecule has 1 N–H and O–H groups in total. The number of hydrogen-bond donors (Lipinski definition) is 1. The van der Waals surface area contributed by atoms with E-state index in [0.29, 0.717) is 23.6 Å². The number of pyridine rings is 3. The fourth-order valence-electron chi connectivity index (χ4n) is 5.05. The third-order valence-corrected chi connectivity index (χ3v) is 6.71. The van der Waals surface area contributed by atoms with Crippen LogP contribution in [0.25, 0.3) is 11.3 Å². The van der Waals surface area contributed by atoms with Crippen LogP contribution in [0.15, 0.2) is 48.8 Å². The number of nitrogens with one attached hydrogen (secondary N) is 1. The minimum atomic E-state index is -4.45. The predicted octanol–water partition coefficient (Wildman–Crippen LogP) is 5.11. The number of halogens is 4. The maximum atomic E-state index is 14.5. The monoisotopic (exact) mass is 485 g/mol. The van der Waals surface area contributed by atoms with E-state index < -0.39 is 17.6 Å². The molecule has 5 heterocycles. The molecule has 2 aliphatic heterocycles. The molecule has 6 rings (SSSR count). The van der Waals surface area contributed by atoms with Crippen molar-refractivity contribution >= 4 is 11.7 Å². The largest absolute Gasteiger partial charge is 0.417 e. The second kappa shape index (κ2) is 8.90. The van der Waals surface area contributed by atoms with Crippen LogP contribution in [0.5, 0.6) is 0 Å². The zero-order chi connectivity index (χ0) is 24.7. The van der Waals surface area contributed by atoms with Gasteiger partial charge in [0, 0.05) is 36.2 Å². The Morgan fingerprint density at radius 3 is 2.63 bits per heavy atom. The third-order valence-electron chi connectivity index (χ3n) is 6.71. The van der Waals surface area contributed by atoms with Crippen LogP contribution in [0.2, 0.25) is 0 Å². The highest BCUT2D eigenvalue weighted by Gasteiger charge is 2.44. The van der Waals surface area contributed by atoms with Gasteiger partial charge in [0.2, 0.25) is 0 Å². The number of aryl methyl sites for hydroxylation is 1. The highest BCUT2D eigenvalue weighted by molar-refractivity contribution is 5.99. The van der Waals surface area contributed by atoms with Gasteiger partial charge in [-0.2, -0.15) is 13.2 Å². The lowest BCUT2D eigenvalue weighted by Crippen LogP contribution is -2.60. The number of fused-ring (bicyclic) bond motifs is 3. The number of amides is 1. The van der Waals surface area contributed by atoms with E-state index in [1.807, 2.05) is 0 Å². The molecule has 1 amide bonds. The molecular formula is C25H23F4N5O. The van der Waals surface area contributed by atoms with E-state index in [1.54, 1.807) is 24.0 Å². The van der Waals surface area contributed by atoms with Crippen molar-refractivity contribution in [2.24, 2.45) is 5.92 Å². The van der Waals surface area contributed by atoms with Crippen LogP contribution in [0.4, 0.5) is 23.4 Å². The van der Waals surface area contributed by atoms with Gasteiger partial charge in [0.1, 0.15) is 23.0 Å². The Balaban J connectivity index is 1.42. The maximum absolute atomic E-state index is 14.5. The number of anilines is 1. The third kappa shape index (κ3) is 4.56. The smallest absolute Gasteiger partial charge is 0.365 e. The van der Waals surface area contributed by atoms with Crippen molar-refractivity contribution in [1.82, 2.24) is 19.9 Å². The van der Waals surface area contributed by atoms with Gasteiger partial charge in [-0.15, -0.1) is 0 Å².